The van der Waals surface area contributed by atoms with Crippen molar-refractivity contribution >= 4 is 18.2 Å². The maximum Gasteiger partial charge on any atom is 0.573 e. The molecule has 0 fully saturated rings. The standard InChI is InChI=1S/C19H17F6NO10/c1-8-4-12(36-19(23,24)25)5-11-6-13(15(18(20,21)22)35-14(8)11)16(27)33-10(3)34-17(28)32-9(2)7-31-26(29)30/h4-6,9-10,15H,7H2,1-3H3. The second-order valence-corrected chi connectivity index (χ2v) is 7.13. The van der Waals surface area contributed by atoms with Gasteiger partial charge in [-0.05, 0) is 37.6 Å². The van der Waals surface area contributed by atoms with E-state index in [1.807, 2.05) is 0 Å². The number of nitrogens with zero attached hydrogens (tertiary/aromatic N) is 1. The molecular formula is C19H17F6NO10. The van der Waals surface area contributed by atoms with Gasteiger partial charge in [-0.2, -0.15) is 13.2 Å². The van der Waals surface area contributed by atoms with Crippen LogP contribution in [-0.4, -0.2) is 54.9 Å². The molecule has 0 aliphatic carbocycles. The van der Waals surface area contributed by atoms with Crippen LogP contribution in [0.1, 0.15) is 25.0 Å². The lowest BCUT2D eigenvalue weighted by Crippen LogP contribution is -2.41. The lowest BCUT2D eigenvalue weighted by molar-refractivity contribution is -0.759. The van der Waals surface area contributed by atoms with Crippen molar-refractivity contribution in [1.82, 2.24) is 0 Å². The topological polar surface area (TPSA) is 133 Å². The number of aryl methyl sites for hydroxylation is 1. The fourth-order valence-corrected chi connectivity index (χ4v) is 2.83. The Bertz CT molecular complexity index is 1040. The van der Waals surface area contributed by atoms with Gasteiger partial charge in [0.15, 0.2) is 0 Å². The summed E-state index contributed by atoms with van der Waals surface area (Å²) in [6.07, 6.45) is -17.0. The Kier molecular flexibility index (Phi) is 8.48. The van der Waals surface area contributed by atoms with Crippen molar-refractivity contribution in [2.75, 3.05) is 6.61 Å². The quantitative estimate of drug-likeness (QED) is 0.157. The van der Waals surface area contributed by atoms with Gasteiger partial charge in [0.1, 0.15) is 24.2 Å². The number of halogens is 6. The molecule has 11 nitrogen and oxygen atoms in total. The van der Waals surface area contributed by atoms with E-state index >= 15 is 0 Å². The predicted molar refractivity (Wildman–Crippen MR) is 102 cm³/mol. The summed E-state index contributed by atoms with van der Waals surface area (Å²) >= 11 is 0. The van der Waals surface area contributed by atoms with E-state index in [0.29, 0.717) is 12.1 Å². The highest BCUT2D eigenvalue weighted by Crippen LogP contribution is 2.41. The molecule has 0 N–H and O–H groups in total. The Morgan fingerprint density at radius 3 is 2.31 bits per heavy atom. The van der Waals surface area contributed by atoms with Gasteiger partial charge in [-0.3, -0.25) is 0 Å². The first kappa shape index (κ1) is 28.3. The van der Waals surface area contributed by atoms with Crippen molar-refractivity contribution in [2.24, 2.45) is 0 Å². The molecule has 1 aliphatic heterocycles. The molecule has 0 bridgehead atoms. The molecule has 1 aliphatic rings. The Balaban J connectivity index is 2.21. The maximum atomic E-state index is 13.6. The van der Waals surface area contributed by atoms with Crippen LogP contribution < -0.4 is 9.47 Å². The van der Waals surface area contributed by atoms with Crippen LogP contribution in [0.3, 0.4) is 0 Å². The molecule has 0 saturated heterocycles. The van der Waals surface area contributed by atoms with Gasteiger partial charge in [-0.25, -0.2) is 9.59 Å². The van der Waals surface area contributed by atoms with Crippen molar-refractivity contribution in [2.45, 2.75) is 51.8 Å². The first-order chi connectivity index (χ1) is 16.5. The monoisotopic (exact) mass is 533 g/mol. The second kappa shape index (κ2) is 10.8. The van der Waals surface area contributed by atoms with E-state index in [1.54, 1.807) is 0 Å². The Morgan fingerprint density at radius 2 is 1.75 bits per heavy atom. The van der Waals surface area contributed by atoms with E-state index < -0.39 is 71.9 Å². The minimum atomic E-state index is -5.15. The van der Waals surface area contributed by atoms with E-state index in [4.69, 9.17) is 4.74 Å². The van der Waals surface area contributed by atoms with Gasteiger partial charge in [0.25, 0.3) is 5.09 Å². The smallest absolute Gasteiger partial charge is 0.475 e. The van der Waals surface area contributed by atoms with Crippen LogP contribution in [0.25, 0.3) is 6.08 Å². The van der Waals surface area contributed by atoms with E-state index in [1.165, 1.54) is 13.8 Å². The number of carbonyl (C=O) groups is 2. The number of benzene rings is 1. The summed E-state index contributed by atoms with van der Waals surface area (Å²) < 4.78 is 101. The predicted octanol–water partition coefficient (Wildman–Crippen LogP) is 4.24. The summed E-state index contributed by atoms with van der Waals surface area (Å²) in [4.78, 5) is 38.2. The molecule has 0 aromatic heterocycles. The van der Waals surface area contributed by atoms with Gasteiger partial charge in [0, 0.05) is 12.5 Å². The summed E-state index contributed by atoms with van der Waals surface area (Å²) in [6, 6.07) is 1.51. The number of esters is 1. The third-order valence-electron chi connectivity index (χ3n) is 4.12. The molecule has 2 rings (SSSR count). The number of ether oxygens (including phenoxy) is 5. The van der Waals surface area contributed by atoms with Gasteiger partial charge >= 0.3 is 24.7 Å². The molecule has 17 heteroatoms. The summed E-state index contributed by atoms with van der Waals surface area (Å²) in [7, 11) is 0. The molecule has 0 spiro atoms. The third-order valence-corrected chi connectivity index (χ3v) is 4.12. The number of carbonyl (C=O) groups excluding carboxylic acids is 2. The van der Waals surface area contributed by atoms with Crippen molar-refractivity contribution < 1.29 is 69.5 Å². The normalized spacial score (nSPS) is 16.9. The van der Waals surface area contributed by atoms with Gasteiger partial charge in [0.2, 0.25) is 12.4 Å². The summed E-state index contributed by atoms with van der Waals surface area (Å²) in [5.41, 5.74) is -1.64. The summed E-state index contributed by atoms with van der Waals surface area (Å²) in [5, 5.41) is 8.96. The number of alkyl halides is 6. The molecule has 0 amide bonds. The van der Waals surface area contributed by atoms with E-state index in [-0.39, 0.29) is 11.1 Å². The molecule has 1 aromatic carbocycles. The molecule has 0 radical (unpaired) electrons. The first-order valence-electron chi connectivity index (χ1n) is 9.67. The van der Waals surface area contributed by atoms with E-state index in [2.05, 4.69) is 23.8 Å². The number of hydrogen-bond acceptors (Lipinski definition) is 10. The van der Waals surface area contributed by atoms with Gasteiger partial charge < -0.3 is 28.5 Å². The maximum absolute atomic E-state index is 13.6. The van der Waals surface area contributed by atoms with Crippen LogP contribution in [-0.2, 0) is 23.8 Å². The van der Waals surface area contributed by atoms with Gasteiger partial charge in [-0.15, -0.1) is 23.3 Å². The van der Waals surface area contributed by atoms with Crippen LogP contribution in [0.2, 0.25) is 0 Å². The highest BCUT2D eigenvalue weighted by molar-refractivity contribution is 5.96. The fourth-order valence-electron chi connectivity index (χ4n) is 2.83. The van der Waals surface area contributed by atoms with E-state index in [9.17, 15) is 46.0 Å². The Morgan fingerprint density at radius 1 is 1.11 bits per heavy atom. The van der Waals surface area contributed by atoms with Crippen LogP contribution in [0, 0.1) is 17.0 Å². The molecule has 200 valence electrons. The lowest BCUT2D eigenvalue weighted by Gasteiger charge is -2.29. The van der Waals surface area contributed by atoms with E-state index in [0.717, 1.165) is 13.0 Å². The highest BCUT2D eigenvalue weighted by atomic mass is 19.4. The van der Waals surface area contributed by atoms with Gasteiger partial charge in [-0.1, -0.05) is 0 Å². The number of rotatable bonds is 8. The van der Waals surface area contributed by atoms with Crippen LogP contribution in [0.4, 0.5) is 31.1 Å². The summed E-state index contributed by atoms with van der Waals surface area (Å²) in [5.74, 6) is -2.89. The first-order valence-corrected chi connectivity index (χ1v) is 9.67. The van der Waals surface area contributed by atoms with Crippen LogP contribution >= 0.6 is 0 Å². The molecule has 3 unspecified atom stereocenters. The Hall–Kier alpha value is -3.92. The average Bonchev–Trinajstić information content (AvgIpc) is 2.69. The average molecular weight is 533 g/mol. The molecule has 3 atom stereocenters. The SMILES string of the molecule is Cc1cc(OC(F)(F)F)cc2c1OC(C(F)(F)F)C(C(=O)OC(C)OC(=O)OC(C)CO[N+](=O)[O-])=C2. The third kappa shape index (κ3) is 8.09. The second-order valence-electron chi connectivity index (χ2n) is 7.13. The molecule has 1 heterocycles. The van der Waals surface area contributed by atoms with Gasteiger partial charge in [0.05, 0.1) is 5.57 Å². The lowest BCUT2D eigenvalue weighted by atomic mass is 9.99. The zero-order valence-electron chi connectivity index (χ0n) is 18.5. The largest absolute Gasteiger partial charge is 0.573 e. The minimum Gasteiger partial charge on any atom is -0.475 e. The summed E-state index contributed by atoms with van der Waals surface area (Å²) in [6.45, 7) is 2.64. The molecular weight excluding hydrogens is 516 g/mol. The van der Waals surface area contributed by atoms with Crippen molar-refractivity contribution in [3.05, 3.63) is 38.9 Å². The fraction of sp³-hybridized carbons (Fsp3) is 0.474. The zero-order chi connectivity index (χ0) is 27.4. The molecule has 0 saturated carbocycles. The minimum absolute atomic E-state index is 0.140. The number of hydrogen-bond donors (Lipinski definition) is 0. The zero-order valence-corrected chi connectivity index (χ0v) is 18.5. The van der Waals surface area contributed by atoms with Crippen LogP contribution in [0.15, 0.2) is 17.7 Å². The molecule has 36 heavy (non-hydrogen) atoms. The van der Waals surface area contributed by atoms with Crippen molar-refractivity contribution in [1.29, 1.82) is 0 Å². The Labute approximate surface area is 197 Å². The van der Waals surface area contributed by atoms with Crippen LogP contribution in [0.5, 0.6) is 11.5 Å². The van der Waals surface area contributed by atoms with Crippen molar-refractivity contribution in [3.63, 3.8) is 0 Å². The van der Waals surface area contributed by atoms with Crippen molar-refractivity contribution in [3.8, 4) is 11.5 Å². The molecule has 1 aromatic rings. The highest BCUT2D eigenvalue weighted by Gasteiger charge is 2.49. The number of fused-ring (bicyclic) bond motifs is 1.